The fraction of sp³-hybridized carbons (Fsp3) is 0.611. The molecule has 1 aliphatic heterocycles. The summed E-state index contributed by atoms with van der Waals surface area (Å²) >= 11 is 1.70. The monoisotopic (exact) mass is 361 g/mol. The van der Waals surface area contributed by atoms with Crippen molar-refractivity contribution < 1.29 is 9.69 Å². The number of amides is 1. The van der Waals surface area contributed by atoms with E-state index in [0.717, 1.165) is 68.0 Å². The van der Waals surface area contributed by atoms with Gasteiger partial charge < -0.3 is 14.8 Å². The highest BCUT2D eigenvalue weighted by Gasteiger charge is 2.25. The molecule has 1 amide bonds. The van der Waals surface area contributed by atoms with E-state index < -0.39 is 0 Å². The number of quaternary nitrogens is 1. The summed E-state index contributed by atoms with van der Waals surface area (Å²) in [6.45, 7) is 7.98. The molecular weight excluding hydrogens is 336 g/mol. The van der Waals surface area contributed by atoms with Gasteiger partial charge in [0, 0.05) is 11.8 Å². The maximum atomic E-state index is 12.6. The second-order valence-electron chi connectivity index (χ2n) is 7.48. The molecule has 0 aromatic carbocycles. The molecule has 2 aromatic rings. The molecule has 1 fully saturated rings. The third kappa shape index (κ3) is 3.22. The van der Waals surface area contributed by atoms with E-state index in [1.165, 1.54) is 15.3 Å². The van der Waals surface area contributed by atoms with E-state index in [4.69, 9.17) is 4.98 Å². The Labute approximate surface area is 150 Å². The summed E-state index contributed by atoms with van der Waals surface area (Å²) in [5.74, 6) is 1.61. The average Bonchev–Trinajstić information content (AvgIpc) is 2.92. The Balaban J connectivity index is 1.56. The third-order valence-electron chi connectivity index (χ3n) is 5.55. The Hall–Kier alpha value is -1.73. The number of fused-ring (bicyclic) bond motifs is 3. The molecule has 0 radical (unpaired) electrons. The molecule has 2 aliphatic rings. The van der Waals surface area contributed by atoms with Gasteiger partial charge in [-0.15, -0.1) is 11.3 Å². The maximum absolute atomic E-state index is 12.6. The fourth-order valence-electron chi connectivity index (χ4n) is 4.03. The topological polar surface area (TPSA) is 70.5 Å². The number of aromatic amines is 1. The summed E-state index contributed by atoms with van der Waals surface area (Å²) < 4.78 is 0. The minimum atomic E-state index is 0.0221. The Morgan fingerprint density at radius 1 is 1.40 bits per heavy atom. The number of aryl methyl sites for hydroxylation is 1. The van der Waals surface area contributed by atoms with Crippen LogP contribution in [0, 0.1) is 5.92 Å². The van der Waals surface area contributed by atoms with Crippen molar-refractivity contribution in [1.29, 1.82) is 0 Å². The Kier molecular flexibility index (Phi) is 4.37. The van der Waals surface area contributed by atoms with Gasteiger partial charge in [0.15, 0.2) is 5.82 Å². The maximum Gasteiger partial charge on any atom is 0.260 e. The normalized spacial score (nSPS) is 21.5. The third-order valence-corrected chi connectivity index (χ3v) is 6.70. The number of nitrogens with one attached hydrogen (secondary N) is 2. The van der Waals surface area contributed by atoms with Crippen molar-refractivity contribution in [3.05, 3.63) is 26.6 Å². The van der Waals surface area contributed by atoms with Crippen molar-refractivity contribution >= 4 is 27.5 Å². The van der Waals surface area contributed by atoms with Gasteiger partial charge in [-0.05, 0) is 30.7 Å². The Bertz CT molecular complexity index is 864. The lowest BCUT2D eigenvalue weighted by Crippen LogP contribution is -3.13. The van der Waals surface area contributed by atoms with Gasteiger partial charge in [-0.1, -0.05) is 6.92 Å². The molecule has 4 rings (SSSR count). The number of hydrogen-bond acceptors (Lipinski definition) is 4. The number of piperazine rings is 1. The number of rotatable bonds is 2. The van der Waals surface area contributed by atoms with Crippen molar-refractivity contribution in [2.24, 2.45) is 5.92 Å². The first-order chi connectivity index (χ1) is 12.0. The van der Waals surface area contributed by atoms with Crippen LogP contribution in [0.4, 0.5) is 0 Å². The standard InChI is InChI=1S/C18H24N4O2S/c1-11-3-4-13-14(9-11)25-18-16(13)17(24)19-15(20-18)10-21-5-7-22(8-6-21)12(2)23/h11H,3-10H2,1-2H3,(H,19,20,24)/p+1/t11-/m0/s1. The molecule has 0 unspecified atom stereocenters. The second kappa shape index (κ2) is 6.53. The van der Waals surface area contributed by atoms with Gasteiger partial charge in [-0.3, -0.25) is 9.59 Å². The van der Waals surface area contributed by atoms with Gasteiger partial charge in [0.1, 0.15) is 11.4 Å². The first kappa shape index (κ1) is 16.7. The van der Waals surface area contributed by atoms with E-state index in [1.807, 2.05) is 4.90 Å². The molecule has 1 saturated heterocycles. The lowest BCUT2D eigenvalue weighted by atomic mass is 9.89. The molecular formula is C18H25N4O2S+. The molecule has 0 saturated carbocycles. The summed E-state index contributed by atoms with van der Waals surface area (Å²) in [6.07, 6.45) is 3.23. The predicted octanol–water partition coefficient (Wildman–Crippen LogP) is 0.356. The van der Waals surface area contributed by atoms with Gasteiger partial charge in [0.2, 0.25) is 5.91 Å². The van der Waals surface area contributed by atoms with Gasteiger partial charge >= 0.3 is 0 Å². The van der Waals surface area contributed by atoms with E-state index in [2.05, 4.69) is 11.9 Å². The van der Waals surface area contributed by atoms with Gasteiger partial charge in [-0.25, -0.2) is 4.98 Å². The first-order valence-corrected chi connectivity index (χ1v) is 9.95. The molecule has 2 N–H and O–H groups in total. The van der Waals surface area contributed by atoms with Gasteiger partial charge in [-0.2, -0.15) is 0 Å². The minimum Gasteiger partial charge on any atom is -0.332 e. The van der Waals surface area contributed by atoms with Crippen LogP contribution in [0.5, 0.6) is 0 Å². The molecule has 1 aliphatic carbocycles. The largest absolute Gasteiger partial charge is 0.332 e. The van der Waals surface area contributed by atoms with E-state index in [0.29, 0.717) is 5.92 Å². The first-order valence-electron chi connectivity index (χ1n) is 9.13. The number of H-pyrrole nitrogens is 1. The van der Waals surface area contributed by atoms with Crippen LogP contribution in [-0.2, 0) is 24.2 Å². The number of aromatic nitrogens is 2. The molecule has 0 bridgehead atoms. The van der Waals surface area contributed by atoms with E-state index >= 15 is 0 Å². The smallest absolute Gasteiger partial charge is 0.260 e. The van der Waals surface area contributed by atoms with Gasteiger partial charge in [0.05, 0.1) is 31.6 Å². The van der Waals surface area contributed by atoms with Crippen LogP contribution in [0.25, 0.3) is 10.2 Å². The van der Waals surface area contributed by atoms with Crippen LogP contribution in [0.15, 0.2) is 4.79 Å². The van der Waals surface area contributed by atoms with Crippen LogP contribution in [0.1, 0.15) is 36.5 Å². The molecule has 7 heteroatoms. The van der Waals surface area contributed by atoms with Crippen LogP contribution < -0.4 is 10.5 Å². The number of thiophene rings is 1. The SMILES string of the molecule is CC(=O)N1CC[NH+](Cc2nc3sc4c(c3c(=O)[nH]2)CC[C@H](C)C4)CC1. The van der Waals surface area contributed by atoms with Crippen molar-refractivity contribution in [2.75, 3.05) is 26.2 Å². The summed E-state index contributed by atoms with van der Waals surface area (Å²) in [4.78, 5) is 37.4. The van der Waals surface area contributed by atoms with E-state index in [9.17, 15) is 9.59 Å². The molecule has 3 heterocycles. The van der Waals surface area contributed by atoms with Crippen LogP contribution in [-0.4, -0.2) is 47.0 Å². The summed E-state index contributed by atoms with van der Waals surface area (Å²) in [7, 11) is 0. The highest BCUT2D eigenvalue weighted by molar-refractivity contribution is 7.18. The van der Waals surface area contributed by atoms with Crippen molar-refractivity contribution in [1.82, 2.24) is 14.9 Å². The lowest BCUT2D eigenvalue weighted by Gasteiger charge is -2.31. The van der Waals surface area contributed by atoms with E-state index in [1.54, 1.807) is 18.3 Å². The van der Waals surface area contributed by atoms with Crippen LogP contribution >= 0.6 is 11.3 Å². The summed E-state index contributed by atoms with van der Waals surface area (Å²) in [5.41, 5.74) is 1.26. The highest BCUT2D eigenvalue weighted by atomic mass is 32.1. The zero-order valence-electron chi connectivity index (χ0n) is 14.9. The average molecular weight is 361 g/mol. The number of carbonyl (C=O) groups excluding carboxylic acids is 1. The molecule has 1 atom stereocenters. The molecule has 134 valence electrons. The number of nitrogens with zero attached hydrogens (tertiary/aromatic N) is 2. The summed E-state index contributed by atoms with van der Waals surface area (Å²) in [6, 6.07) is 0. The lowest BCUT2D eigenvalue weighted by molar-refractivity contribution is -0.918. The number of hydrogen-bond donors (Lipinski definition) is 2. The summed E-state index contributed by atoms with van der Waals surface area (Å²) in [5, 5.41) is 0.826. The number of carbonyl (C=O) groups is 1. The predicted molar refractivity (Wildman–Crippen MR) is 98.1 cm³/mol. The zero-order chi connectivity index (χ0) is 17.6. The molecule has 25 heavy (non-hydrogen) atoms. The molecule has 6 nitrogen and oxygen atoms in total. The Morgan fingerprint density at radius 3 is 2.88 bits per heavy atom. The zero-order valence-corrected chi connectivity index (χ0v) is 15.7. The minimum absolute atomic E-state index is 0.0221. The molecule has 0 spiro atoms. The second-order valence-corrected chi connectivity index (χ2v) is 8.56. The molecule has 2 aromatic heterocycles. The quantitative estimate of drug-likeness (QED) is 0.811. The van der Waals surface area contributed by atoms with Crippen molar-refractivity contribution in [3.63, 3.8) is 0 Å². The fourth-order valence-corrected chi connectivity index (χ4v) is 5.43. The van der Waals surface area contributed by atoms with Crippen LogP contribution in [0.3, 0.4) is 0 Å². The van der Waals surface area contributed by atoms with Crippen LogP contribution in [0.2, 0.25) is 0 Å². The highest BCUT2D eigenvalue weighted by Crippen LogP contribution is 2.35. The van der Waals surface area contributed by atoms with Gasteiger partial charge in [0.25, 0.3) is 5.56 Å². The van der Waals surface area contributed by atoms with Crippen molar-refractivity contribution in [3.8, 4) is 0 Å². The van der Waals surface area contributed by atoms with E-state index in [-0.39, 0.29) is 11.5 Å². The van der Waals surface area contributed by atoms with Crippen molar-refractivity contribution in [2.45, 2.75) is 39.7 Å². The Morgan fingerprint density at radius 2 is 2.16 bits per heavy atom.